The summed E-state index contributed by atoms with van der Waals surface area (Å²) in [5.41, 5.74) is 1.57. The van der Waals surface area contributed by atoms with Crippen LogP contribution in [-0.2, 0) is 9.59 Å². The number of allylic oxidation sites excluding steroid dienone is 2. The van der Waals surface area contributed by atoms with Crippen molar-refractivity contribution in [1.29, 1.82) is 0 Å². The molecule has 0 radical (unpaired) electrons. The molecule has 21 heavy (non-hydrogen) atoms. The lowest BCUT2D eigenvalue weighted by Crippen LogP contribution is -2.23. The maximum atomic E-state index is 11.6. The summed E-state index contributed by atoms with van der Waals surface area (Å²) < 4.78 is 0. The SMILES string of the molecule is CCC1C=C(CCCCCCCC(C)=O)CCC1C(C)=O. The van der Waals surface area contributed by atoms with Gasteiger partial charge in [-0.05, 0) is 58.3 Å². The van der Waals surface area contributed by atoms with Crippen molar-refractivity contribution in [2.24, 2.45) is 11.8 Å². The van der Waals surface area contributed by atoms with Gasteiger partial charge < -0.3 is 4.79 Å². The number of carbonyl (C=O) groups is 2. The minimum Gasteiger partial charge on any atom is -0.300 e. The first-order chi connectivity index (χ1) is 10.0. The van der Waals surface area contributed by atoms with E-state index in [-0.39, 0.29) is 5.92 Å². The fourth-order valence-electron chi connectivity index (χ4n) is 3.43. The van der Waals surface area contributed by atoms with Crippen molar-refractivity contribution in [3.63, 3.8) is 0 Å². The average Bonchev–Trinajstić information content (AvgIpc) is 2.45. The lowest BCUT2D eigenvalue weighted by molar-refractivity contribution is -0.122. The van der Waals surface area contributed by atoms with Crippen molar-refractivity contribution in [3.8, 4) is 0 Å². The quantitative estimate of drug-likeness (QED) is 0.406. The Bertz CT molecular complexity index is 368. The Morgan fingerprint density at radius 3 is 2.38 bits per heavy atom. The van der Waals surface area contributed by atoms with Crippen molar-refractivity contribution in [3.05, 3.63) is 11.6 Å². The molecular formula is C19H32O2. The molecule has 0 aromatic carbocycles. The molecule has 0 N–H and O–H groups in total. The van der Waals surface area contributed by atoms with Gasteiger partial charge in [0.05, 0.1) is 0 Å². The molecule has 0 saturated heterocycles. The van der Waals surface area contributed by atoms with Crippen molar-refractivity contribution in [1.82, 2.24) is 0 Å². The van der Waals surface area contributed by atoms with Crippen LogP contribution in [0.3, 0.4) is 0 Å². The van der Waals surface area contributed by atoms with Crippen LogP contribution in [0.4, 0.5) is 0 Å². The number of hydrogen-bond donors (Lipinski definition) is 0. The van der Waals surface area contributed by atoms with Gasteiger partial charge >= 0.3 is 0 Å². The molecule has 0 amide bonds. The summed E-state index contributed by atoms with van der Waals surface area (Å²) in [6.45, 7) is 5.61. The van der Waals surface area contributed by atoms with E-state index in [0.717, 1.165) is 32.1 Å². The molecule has 0 saturated carbocycles. The maximum Gasteiger partial charge on any atom is 0.133 e. The molecule has 2 unspecified atom stereocenters. The third-order valence-electron chi connectivity index (χ3n) is 4.76. The van der Waals surface area contributed by atoms with E-state index in [1.54, 1.807) is 19.4 Å². The van der Waals surface area contributed by atoms with E-state index in [9.17, 15) is 9.59 Å². The second kappa shape index (κ2) is 9.92. The normalized spacial score (nSPS) is 22.0. The first-order valence-electron chi connectivity index (χ1n) is 8.74. The lowest BCUT2D eigenvalue weighted by Gasteiger charge is -2.28. The summed E-state index contributed by atoms with van der Waals surface area (Å²) in [6.07, 6.45) is 13.6. The predicted molar refractivity (Wildman–Crippen MR) is 88.3 cm³/mol. The Kier molecular flexibility index (Phi) is 8.56. The highest BCUT2D eigenvalue weighted by atomic mass is 16.1. The Morgan fingerprint density at radius 1 is 1.10 bits per heavy atom. The van der Waals surface area contributed by atoms with Crippen molar-refractivity contribution < 1.29 is 9.59 Å². The number of hydrogen-bond acceptors (Lipinski definition) is 2. The van der Waals surface area contributed by atoms with Gasteiger partial charge in [-0.2, -0.15) is 0 Å². The molecule has 120 valence electrons. The summed E-state index contributed by atoms with van der Waals surface area (Å²) in [5, 5.41) is 0. The molecule has 2 atom stereocenters. The van der Waals surface area contributed by atoms with Crippen LogP contribution >= 0.6 is 0 Å². The first kappa shape index (κ1) is 18.1. The molecule has 1 rings (SSSR count). The monoisotopic (exact) mass is 292 g/mol. The molecule has 0 heterocycles. The molecule has 0 aliphatic heterocycles. The van der Waals surface area contributed by atoms with E-state index < -0.39 is 0 Å². The standard InChI is InChI=1S/C19H32O2/c1-4-18-14-17(12-13-19(18)16(3)21)11-9-7-5-6-8-10-15(2)20/h14,18-19H,4-13H2,1-3H3. The molecule has 2 heteroatoms. The van der Waals surface area contributed by atoms with Gasteiger partial charge in [0.15, 0.2) is 0 Å². The van der Waals surface area contributed by atoms with Crippen LogP contribution in [0.15, 0.2) is 11.6 Å². The number of carbonyl (C=O) groups excluding carboxylic acids is 2. The van der Waals surface area contributed by atoms with Crippen LogP contribution in [0, 0.1) is 11.8 Å². The van der Waals surface area contributed by atoms with Gasteiger partial charge in [0.2, 0.25) is 0 Å². The third kappa shape index (κ3) is 7.06. The van der Waals surface area contributed by atoms with Gasteiger partial charge in [0.1, 0.15) is 11.6 Å². The van der Waals surface area contributed by atoms with Gasteiger partial charge in [-0.15, -0.1) is 0 Å². The van der Waals surface area contributed by atoms with Crippen molar-refractivity contribution >= 4 is 11.6 Å². The second-order valence-electron chi connectivity index (χ2n) is 6.62. The third-order valence-corrected chi connectivity index (χ3v) is 4.76. The van der Waals surface area contributed by atoms with Crippen LogP contribution in [-0.4, -0.2) is 11.6 Å². The second-order valence-corrected chi connectivity index (χ2v) is 6.62. The molecule has 0 aromatic rings. The molecule has 0 aromatic heterocycles. The summed E-state index contributed by atoms with van der Waals surface area (Å²) >= 11 is 0. The Morgan fingerprint density at radius 2 is 1.76 bits per heavy atom. The van der Waals surface area contributed by atoms with Crippen LogP contribution in [0.25, 0.3) is 0 Å². The predicted octanol–water partition coefficient (Wildman–Crippen LogP) is 5.26. The summed E-state index contributed by atoms with van der Waals surface area (Å²) in [4.78, 5) is 22.5. The number of rotatable bonds is 10. The molecule has 0 spiro atoms. The van der Waals surface area contributed by atoms with Crippen LogP contribution in [0.2, 0.25) is 0 Å². The Labute approximate surface area is 130 Å². The van der Waals surface area contributed by atoms with Crippen LogP contribution in [0.5, 0.6) is 0 Å². The summed E-state index contributed by atoms with van der Waals surface area (Å²) in [5.74, 6) is 1.42. The van der Waals surface area contributed by atoms with Crippen LogP contribution in [0.1, 0.15) is 85.0 Å². The highest BCUT2D eigenvalue weighted by molar-refractivity contribution is 5.79. The fourth-order valence-corrected chi connectivity index (χ4v) is 3.43. The molecule has 0 bridgehead atoms. The Balaban J connectivity index is 2.20. The topological polar surface area (TPSA) is 34.1 Å². The van der Waals surface area contributed by atoms with E-state index >= 15 is 0 Å². The van der Waals surface area contributed by atoms with Gasteiger partial charge in [0, 0.05) is 12.3 Å². The minimum absolute atomic E-state index is 0.269. The average molecular weight is 292 g/mol. The van der Waals surface area contributed by atoms with Gasteiger partial charge in [0.25, 0.3) is 0 Å². The zero-order chi connectivity index (χ0) is 15.7. The lowest BCUT2D eigenvalue weighted by atomic mass is 9.76. The zero-order valence-corrected chi connectivity index (χ0v) is 14.1. The fraction of sp³-hybridized carbons (Fsp3) is 0.789. The molecule has 0 fully saturated rings. The smallest absolute Gasteiger partial charge is 0.133 e. The number of ketones is 2. The van der Waals surface area contributed by atoms with Gasteiger partial charge in [-0.3, -0.25) is 4.79 Å². The molecule has 2 nitrogen and oxygen atoms in total. The highest BCUT2D eigenvalue weighted by Crippen LogP contribution is 2.33. The van der Waals surface area contributed by atoms with E-state index in [2.05, 4.69) is 13.0 Å². The Hall–Kier alpha value is -0.920. The first-order valence-corrected chi connectivity index (χ1v) is 8.74. The largest absolute Gasteiger partial charge is 0.300 e. The highest BCUT2D eigenvalue weighted by Gasteiger charge is 2.26. The zero-order valence-electron chi connectivity index (χ0n) is 14.1. The summed E-state index contributed by atoms with van der Waals surface area (Å²) in [6, 6.07) is 0. The molecular weight excluding hydrogens is 260 g/mol. The summed E-state index contributed by atoms with van der Waals surface area (Å²) in [7, 11) is 0. The van der Waals surface area contributed by atoms with E-state index in [1.165, 1.54) is 32.1 Å². The van der Waals surface area contributed by atoms with Crippen molar-refractivity contribution in [2.45, 2.75) is 85.0 Å². The van der Waals surface area contributed by atoms with Crippen molar-refractivity contribution in [2.75, 3.05) is 0 Å². The maximum absolute atomic E-state index is 11.6. The van der Waals surface area contributed by atoms with Gasteiger partial charge in [-0.1, -0.05) is 37.8 Å². The molecule has 1 aliphatic carbocycles. The van der Waals surface area contributed by atoms with Gasteiger partial charge in [-0.25, -0.2) is 0 Å². The number of unbranched alkanes of at least 4 members (excludes halogenated alkanes) is 4. The van der Waals surface area contributed by atoms with E-state index in [4.69, 9.17) is 0 Å². The van der Waals surface area contributed by atoms with E-state index in [0.29, 0.717) is 17.5 Å². The van der Waals surface area contributed by atoms with Crippen LogP contribution < -0.4 is 0 Å². The number of Topliss-reactive ketones (excluding diaryl/α,β-unsaturated/α-hetero) is 2. The molecule has 1 aliphatic rings. The minimum atomic E-state index is 0.269. The van der Waals surface area contributed by atoms with E-state index in [1.807, 2.05) is 0 Å².